The predicted molar refractivity (Wildman–Crippen MR) is 110 cm³/mol. The fourth-order valence-corrected chi connectivity index (χ4v) is 4.23. The summed E-state index contributed by atoms with van der Waals surface area (Å²) in [6.07, 6.45) is 0.895. The topological polar surface area (TPSA) is 43.6 Å². The molecule has 0 bridgehead atoms. The standard InChI is InChI=1S/C22H20N2O2S/c1-13-5-6-16(9-14(13)2)19-12-27-22-23-21(18(11-25)24(19)22)17-7-8-20(26-4)15(3)10-17/h5-12H,1-4H3. The van der Waals surface area contributed by atoms with E-state index in [2.05, 4.69) is 37.4 Å². The molecule has 0 aliphatic carbocycles. The van der Waals surface area contributed by atoms with E-state index in [0.29, 0.717) is 11.4 Å². The van der Waals surface area contributed by atoms with Gasteiger partial charge < -0.3 is 4.74 Å². The van der Waals surface area contributed by atoms with Gasteiger partial charge in [0.25, 0.3) is 0 Å². The van der Waals surface area contributed by atoms with Gasteiger partial charge in [-0.1, -0.05) is 12.1 Å². The highest BCUT2D eigenvalue weighted by Crippen LogP contribution is 2.34. The number of aldehydes is 1. The van der Waals surface area contributed by atoms with Gasteiger partial charge in [-0.2, -0.15) is 0 Å². The molecular formula is C22H20N2O2S. The molecule has 2 heterocycles. The van der Waals surface area contributed by atoms with Crippen LogP contribution in [0.25, 0.3) is 27.5 Å². The SMILES string of the molecule is COc1ccc(-c2nc3scc(-c4ccc(C)c(C)c4)n3c2C=O)cc1C. The number of carbonyl (C=O) groups excluding carboxylic acids is 1. The van der Waals surface area contributed by atoms with E-state index < -0.39 is 0 Å². The van der Waals surface area contributed by atoms with Gasteiger partial charge in [0.2, 0.25) is 0 Å². The van der Waals surface area contributed by atoms with Gasteiger partial charge in [-0.05, 0) is 67.3 Å². The molecule has 27 heavy (non-hydrogen) atoms. The lowest BCUT2D eigenvalue weighted by molar-refractivity contribution is 0.111. The van der Waals surface area contributed by atoms with Crippen LogP contribution < -0.4 is 4.74 Å². The Morgan fingerprint density at radius 1 is 1.00 bits per heavy atom. The molecule has 2 aromatic heterocycles. The Kier molecular flexibility index (Phi) is 4.32. The van der Waals surface area contributed by atoms with E-state index in [0.717, 1.165) is 39.4 Å². The van der Waals surface area contributed by atoms with Crippen LogP contribution in [0.15, 0.2) is 41.8 Å². The number of hydrogen-bond acceptors (Lipinski definition) is 4. The van der Waals surface area contributed by atoms with Crippen LogP contribution in [0.1, 0.15) is 27.2 Å². The van der Waals surface area contributed by atoms with E-state index in [1.54, 1.807) is 18.4 Å². The van der Waals surface area contributed by atoms with E-state index in [9.17, 15) is 4.79 Å². The first-order chi connectivity index (χ1) is 13.0. The van der Waals surface area contributed by atoms with E-state index in [1.807, 2.05) is 29.5 Å². The van der Waals surface area contributed by atoms with Crippen molar-refractivity contribution in [2.24, 2.45) is 0 Å². The minimum Gasteiger partial charge on any atom is -0.496 e. The Morgan fingerprint density at radius 2 is 1.74 bits per heavy atom. The fraction of sp³-hybridized carbons (Fsp3) is 0.182. The number of benzene rings is 2. The second-order valence-electron chi connectivity index (χ2n) is 6.69. The van der Waals surface area contributed by atoms with Crippen molar-refractivity contribution in [1.82, 2.24) is 9.38 Å². The number of carbonyl (C=O) groups is 1. The second kappa shape index (κ2) is 6.67. The van der Waals surface area contributed by atoms with Crippen molar-refractivity contribution in [2.45, 2.75) is 20.8 Å². The molecule has 0 radical (unpaired) electrons. The molecule has 5 heteroatoms. The maximum absolute atomic E-state index is 12.0. The summed E-state index contributed by atoms with van der Waals surface area (Å²) in [6.45, 7) is 6.19. The average Bonchev–Trinajstić information content (AvgIpc) is 3.23. The molecule has 4 nitrogen and oxygen atoms in total. The van der Waals surface area contributed by atoms with Crippen LogP contribution in [0, 0.1) is 20.8 Å². The number of rotatable bonds is 4. The Balaban J connectivity index is 1.92. The Bertz CT molecular complexity index is 1170. The summed E-state index contributed by atoms with van der Waals surface area (Å²) in [5, 5.41) is 2.06. The Morgan fingerprint density at radius 3 is 2.41 bits per heavy atom. The van der Waals surface area contributed by atoms with Crippen LogP contribution in [-0.2, 0) is 0 Å². The quantitative estimate of drug-likeness (QED) is 0.443. The van der Waals surface area contributed by atoms with Crippen molar-refractivity contribution in [2.75, 3.05) is 7.11 Å². The van der Waals surface area contributed by atoms with E-state index in [4.69, 9.17) is 9.72 Å². The third-order valence-corrected chi connectivity index (χ3v) is 5.81. The molecule has 0 spiro atoms. The number of aromatic nitrogens is 2. The van der Waals surface area contributed by atoms with Crippen molar-refractivity contribution in [3.05, 3.63) is 64.2 Å². The van der Waals surface area contributed by atoms with Crippen molar-refractivity contribution < 1.29 is 9.53 Å². The number of ether oxygens (including phenoxy) is 1. The molecule has 136 valence electrons. The normalized spacial score (nSPS) is 11.1. The first-order valence-corrected chi connectivity index (χ1v) is 9.59. The minimum atomic E-state index is 0.573. The third kappa shape index (κ3) is 2.84. The van der Waals surface area contributed by atoms with Crippen molar-refractivity contribution in [1.29, 1.82) is 0 Å². The monoisotopic (exact) mass is 376 g/mol. The molecule has 0 fully saturated rings. The number of thiazole rings is 1. The first-order valence-electron chi connectivity index (χ1n) is 8.71. The fourth-order valence-electron chi connectivity index (χ4n) is 3.33. The highest BCUT2D eigenvalue weighted by Gasteiger charge is 2.19. The van der Waals surface area contributed by atoms with Gasteiger partial charge in [0, 0.05) is 10.9 Å². The molecule has 0 saturated carbocycles. The third-order valence-electron chi connectivity index (χ3n) is 4.98. The van der Waals surface area contributed by atoms with Crippen LogP contribution in [0.4, 0.5) is 0 Å². The zero-order chi connectivity index (χ0) is 19.1. The summed E-state index contributed by atoms with van der Waals surface area (Å²) in [7, 11) is 1.65. The molecule has 2 aromatic carbocycles. The van der Waals surface area contributed by atoms with Crippen molar-refractivity contribution in [3.8, 4) is 28.3 Å². The molecule has 0 aliphatic heterocycles. The summed E-state index contributed by atoms with van der Waals surface area (Å²) < 4.78 is 7.30. The number of methoxy groups -OCH3 is 1. The summed E-state index contributed by atoms with van der Waals surface area (Å²) in [5.41, 5.74) is 7.75. The van der Waals surface area contributed by atoms with Gasteiger partial charge in [-0.3, -0.25) is 9.20 Å². The lowest BCUT2D eigenvalue weighted by atomic mass is 10.0. The summed E-state index contributed by atoms with van der Waals surface area (Å²) in [6, 6.07) is 12.2. The van der Waals surface area contributed by atoms with Gasteiger partial charge in [0.05, 0.1) is 12.8 Å². The zero-order valence-corrected chi connectivity index (χ0v) is 16.6. The lowest BCUT2D eigenvalue weighted by Crippen LogP contribution is -1.95. The minimum absolute atomic E-state index is 0.573. The second-order valence-corrected chi connectivity index (χ2v) is 7.52. The smallest absolute Gasteiger partial charge is 0.195 e. The molecule has 4 aromatic rings. The highest BCUT2D eigenvalue weighted by atomic mass is 32.1. The summed E-state index contributed by atoms with van der Waals surface area (Å²) >= 11 is 1.54. The van der Waals surface area contributed by atoms with E-state index in [-0.39, 0.29) is 0 Å². The van der Waals surface area contributed by atoms with Crippen LogP contribution in [-0.4, -0.2) is 22.8 Å². The maximum Gasteiger partial charge on any atom is 0.195 e. The molecule has 0 aliphatic rings. The van der Waals surface area contributed by atoms with Gasteiger partial charge in [-0.15, -0.1) is 11.3 Å². The van der Waals surface area contributed by atoms with Crippen molar-refractivity contribution >= 4 is 22.6 Å². The first kappa shape index (κ1) is 17.5. The van der Waals surface area contributed by atoms with Gasteiger partial charge in [0.1, 0.15) is 17.1 Å². The molecule has 0 amide bonds. The number of imidazole rings is 1. The summed E-state index contributed by atoms with van der Waals surface area (Å²) in [4.78, 5) is 17.6. The Labute approximate surface area is 162 Å². The number of hydrogen-bond donors (Lipinski definition) is 0. The van der Waals surface area contributed by atoms with Crippen LogP contribution in [0.2, 0.25) is 0 Å². The molecule has 0 atom stereocenters. The Hall–Kier alpha value is -2.92. The molecule has 0 saturated heterocycles. The highest BCUT2D eigenvalue weighted by molar-refractivity contribution is 7.15. The van der Waals surface area contributed by atoms with Gasteiger partial charge >= 0.3 is 0 Å². The van der Waals surface area contributed by atoms with Gasteiger partial charge in [0.15, 0.2) is 11.2 Å². The number of nitrogens with zero attached hydrogens (tertiary/aromatic N) is 2. The largest absolute Gasteiger partial charge is 0.496 e. The average molecular weight is 376 g/mol. The maximum atomic E-state index is 12.0. The number of fused-ring (bicyclic) bond motifs is 1. The lowest BCUT2D eigenvalue weighted by Gasteiger charge is -2.07. The molecule has 0 N–H and O–H groups in total. The van der Waals surface area contributed by atoms with E-state index in [1.165, 1.54) is 11.1 Å². The molecule has 4 rings (SSSR count). The van der Waals surface area contributed by atoms with Crippen molar-refractivity contribution in [3.63, 3.8) is 0 Å². The number of aryl methyl sites for hydroxylation is 3. The predicted octanol–water partition coefficient (Wildman–Crippen LogP) is 5.48. The van der Waals surface area contributed by atoms with Crippen LogP contribution in [0.5, 0.6) is 5.75 Å². The summed E-state index contributed by atoms with van der Waals surface area (Å²) in [5.74, 6) is 0.822. The van der Waals surface area contributed by atoms with E-state index >= 15 is 0 Å². The molecular weight excluding hydrogens is 356 g/mol. The van der Waals surface area contributed by atoms with Crippen LogP contribution >= 0.6 is 11.3 Å². The zero-order valence-electron chi connectivity index (χ0n) is 15.7. The van der Waals surface area contributed by atoms with Crippen LogP contribution in [0.3, 0.4) is 0 Å². The molecule has 0 unspecified atom stereocenters. The van der Waals surface area contributed by atoms with Gasteiger partial charge in [-0.25, -0.2) is 4.98 Å².